The quantitative estimate of drug-likeness (QED) is 0.539. The molecule has 1 atom stereocenters. The van der Waals surface area contributed by atoms with E-state index >= 15 is 0 Å². The molecule has 1 saturated carbocycles. The number of halogens is 1. The zero-order chi connectivity index (χ0) is 21.2. The van der Waals surface area contributed by atoms with E-state index in [1.807, 2.05) is 17.0 Å². The Labute approximate surface area is 181 Å². The summed E-state index contributed by atoms with van der Waals surface area (Å²) in [6.45, 7) is 2.21. The number of rotatable bonds is 7. The maximum absolute atomic E-state index is 14.0. The number of benzene rings is 2. The summed E-state index contributed by atoms with van der Waals surface area (Å²) in [6.07, 6.45) is 6.11. The van der Waals surface area contributed by atoms with Crippen LogP contribution in [0.3, 0.4) is 0 Å². The first-order valence-corrected chi connectivity index (χ1v) is 11.2. The third kappa shape index (κ3) is 4.49. The fraction of sp³-hybridized carbons (Fsp3) is 0.440. The van der Waals surface area contributed by atoms with Crippen molar-refractivity contribution in [1.82, 2.24) is 9.88 Å². The fourth-order valence-corrected chi connectivity index (χ4v) is 4.43. The summed E-state index contributed by atoms with van der Waals surface area (Å²) in [5, 5.41) is 0. The van der Waals surface area contributed by atoms with Crippen molar-refractivity contribution in [3.8, 4) is 0 Å². The molecule has 0 N–H and O–H groups in total. The Kier molecular flexibility index (Phi) is 5.72. The number of carbonyl (C=O) groups is 1. The largest absolute Gasteiger partial charge is 0.440 e. The van der Waals surface area contributed by atoms with Crippen molar-refractivity contribution in [2.45, 2.75) is 44.6 Å². The molecule has 1 saturated heterocycles. The second-order valence-electron chi connectivity index (χ2n) is 8.70. The van der Waals surface area contributed by atoms with Crippen LogP contribution in [0.4, 0.5) is 4.39 Å². The molecule has 1 aliphatic heterocycles. The molecule has 162 valence electrons. The first-order valence-electron chi connectivity index (χ1n) is 11.2. The van der Waals surface area contributed by atoms with Crippen LogP contribution in [-0.2, 0) is 11.2 Å². The number of hydrogen-bond donors (Lipinski definition) is 0. The lowest BCUT2D eigenvalue weighted by Gasteiger charge is -2.33. The predicted octanol–water partition coefficient (Wildman–Crippen LogP) is 4.98. The standard InChI is InChI=1S/C25H27FN2O3/c26-21-9-2-1-7-18(21)14-24-27-22-11-10-19(13-23(22)31-24)25(29)28(15-17-5-3-6-17)16-20-8-4-12-30-20/h1-2,7,9-11,13,17,20H,3-6,8,12,14-16H2/t20-/m0/s1. The number of oxazole rings is 1. The van der Waals surface area contributed by atoms with E-state index in [4.69, 9.17) is 9.15 Å². The molecule has 3 aromatic rings. The summed E-state index contributed by atoms with van der Waals surface area (Å²) in [7, 11) is 0. The van der Waals surface area contributed by atoms with Crippen LogP contribution < -0.4 is 0 Å². The Hall–Kier alpha value is -2.73. The van der Waals surface area contributed by atoms with Crippen molar-refractivity contribution in [3.63, 3.8) is 0 Å². The van der Waals surface area contributed by atoms with Gasteiger partial charge in [0.25, 0.3) is 5.91 Å². The van der Waals surface area contributed by atoms with Crippen molar-refractivity contribution >= 4 is 17.0 Å². The van der Waals surface area contributed by atoms with Gasteiger partial charge in [-0.1, -0.05) is 24.6 Å². The number of amides is 1. The summed E-state index contributed by atoms with van der Waals surface area (Å²) in [6, 6.07) is 12.0. The number of hydrogen-bond acceptors (Lipinski definition) is 4. The van der Waals surface area contributed by atoms with Gasteiger partial charge in [-0.05, 0) is 61.4 Å². The highest BCUT2D eigenvalue weighted by atomic mass is 19.1. The van der Waals surface area contributed by atoms with Gasteiger partial charge in [-0.15, -0.1) is 0 Å². The number of fused-ring (bicyclic) bond motifs is 1. The topological polar surface area (TPSA) is 55.6 Å². The second kappa shape index (κ2) is 8.79. The Morgan fingerprint density at radius 3 is 2.71 bits per heavy atom. The van der Waals surface area contributed by atoms with E-state index in [2.05, 4.69) is 4.98 Å². The molecule has 0 radical (unpaired) electrons. The van der Waals surface area contributed by atoms with Gasteiger partial charge in [0, 0.05) is 25.3 Å². The molecule has 2 heterocycles. The molecule has 2 aliphatic rings. The molecule has 1 aromatic heterocycles. The molecule has 2 aromatic carbocycles. The molecular weight excluding hydrogens is 395 g/mol. The highest BCUT2D eigenvalue weighted by Crippen LogP contribution is 2.29. The Morgan fingerprint density at radius 1 is 1.10 bits per heavy atom. The lowest BCUT2D eigenvalue weighted by Crippen LogP contribution is -2.41. The van der Waals surface area contributed by atoms with E-state index in [0.29, 0.717) is 40.6 Å². The van der Waals surface area contributed by atoms with Crippen molar-refractivity contribution in [1.29, 1.82) is 0 Å². The van der Waals surface area contributed by atoms with Gasteiger partial charge in [0.2, 0.25) is 0 Å². The number of nitrogens with zero attached hydrogens (tertiary/aromatic N) is 2. The van der Waals surface area contributed by atoms with Crippen LogP contribution in [0.5, 0.6) is 0 Å². The minimum Gasteiger partial charge on any atom is -0.440 e. The van der Waals surface area contributed by atoms with Gasteiger partial charge in [0.05, 0.1) is 12.5 Å². The highest BCUT2D eigenvalue weighted by molar-refractivity contribution is 5.97. The minimum absolute atomic E-state index is 0.0105. The first kappa shape index (κ1) is 20.2. The third-order valence-electron chi connectivity index (χ3n) is 6.42. The first-order chi connectivity index (χ1) is 15.2. The summed E-state index contributed by atoms with van der Waals surface area (Å²) in [5.74, 6) is 0.764. The summed E-state index contributed by atoms with van der Waals surface area (Å²) in [5.41, 5.74) is 2.36. The lowest BCUT2D eigenvalue weighted by molar-refractivity contribution is 0.0448. The van der Waals surface area contributed by atoms with Gasteiger partial charge >= 0.3 is 0 Å². The van der Waals surface area contributed by atoms with Crippen LogP contribution in [-0.4, -0.2) is 41.6 Å². The second-order valence-corrected chi connectivity index (χ2v) is 8.70. The SMILES string of the molecule is O=C(c1ccc2nc(Cc3ccccc3F)oc2c1)N(CC1CCC1)C[C@@H]1CCCO1. The molecule has 1 aliphatic carbocycles. The lowest BCUT2D eigenvalue weighted by atomic mass is 9.85. The summed E-state index contributed by atoms with van der Waals surface area (Å²) < 4.78 is 25.6. The van der Waals surface area contributed by atoms with Gasteiger partial charge in [-0.2, -0.15) is 0 Å². The van der Waals surface area contributed by atoms with Crippen LogP contribution in [0.1, 0.15) is 53.9 Å². The number of aromatic nitrogens is 1. The van der Waals surface area contributed by atoms with Gasteiger partial charge in [0.1, 0.15) is 11.3 Å². The van der Waals surface area contributed by atoms with Crippen LogP contribution in [0.15, 0.2) is 46.9 Å². The van der Waals surface area contributed by atoms with Crippen molar-refractivity contribution in [2.24, 2.45) is 5.92 Å². The zero-order valence-electron chi connectivity index (χ0n) is 17.6. The van der Waals surface area contributed by atoms with Gasteiger partial charge in [-0.25, -0.2) is 9.37 Å². The molecule has 5 nitrogen and oxygen atoms in total. The maximum Gasteiger partial charge on any atom is 0.254 e. The van der Waals surface area contributed by atoms with Gasteiger partial charge < -0.3 is 14.1 Å². The van der Waals surface area contributed by atoms with Gasteiger partial charge in [-0.3, -0.25) is 4.79 Å². The van der Waals surface area contributed by atoms with Crippen molar-refractivity contribution in [2.75, 3.05) is 19.7 Å². The maximum atomic E-state index is 14.0. The van der Waals surface area contributed by atoms with Gasteiger partial charge in [0.15, 0.2) is 11.5 Å². The Balaban J connectivity index is 1.35. The predicted molar refractivity (Wildman–Crippen MR) is 115 cm³/mol. The van der Waals surface area contributed by atoms with Crippen LogP contribution >= 0.6 is 0 Å². The van der Waals surface area contributed by atoms with Crippen LogP contribution in [0, 0.1) is 11.7 Å². The van der Waals surface area contributed by atoms with Crippen molar-refractivity contribution in [3.05, 3.63) is 65.3 Å². The fourth-order valence-electron chi connectivity index (χ4n) is 4.43. The van der Waals surface area contributed by atoms with Crippen LogP contribution in [0.25, 0.3) is 11.1 Å². The van der Waals surface area contributed by atoms with E-state index in [1.54, 1.807) is 24.3 Å². The molecular formula is C25H27FN2O3. The third-order valence-corrected chi connectivity index (χ3v) is 6.42. The Bertz CT molecular complexity index is 1070. The summed E-state index contributed by atoms with van der Waals surface area (Å²) in [4.78, 5) is 19.8. The molecule has 0 unspecified atom stereocenters. The molecule has 1 amide bonds. The molecule has 2 fully saturated rings. The molecule has 0 bridgehead atoms. The Morgan fingerprint density at radius 2 is 1.97 bits per heavy atom. The number of ether oxygens (including phenoxy) is 1. The summed E-state index contributed by atoms with van der Waals surface area (Å²) >= 11 is 0. The smallest absolute Gasteiger partial charge is 0.254 e. The monoisotopic (exact) mass is 422 g/mol. The molecule has 31 heavy (non-hydrogen) atoms. The number of carbonyl (C=O) groups excluding carboxylic acids is 1. The highest BCUT2D eigenvalue weighted by Gasteiger charge is 2.28. The molecule has 5 rings (SSSR count). The van der Waals surface area contributed by atoms with Crippen molar-refractivity contribution < 1.29 is 18.3 Å². The minimum atomic E-state index is -0.276. The normalized spacial score (nSPS) is 18.9. The average molecular weight is 423 g/mol. The van der Waals surface area contributed by atoms with E-state index in [-0.39, 0.29) is 24.2 Å². The molecule has 6 heteroatoms. The van der Waals surface area contributed by atoms with E-state index in [1.165, 1.54) is 25.3 Å². The van der Waals surface area contributed by atoms with E-state index in [0.717, 1.165) is 26.0 Å². The van der Waals surface area contributed by atoms with E-state index < -0.39 is 0 Å². The molecule has 0 spiro atoms. The van der Waals surface area contributed by atoms with E-state index in [9.17, 15) is 9.18 Å². The average Bonchev–Trinajstić information content (AvgIpc) is 3.39. The zero-order valence-corrected chi connectivity index (χ0v) is 17.6. The van der Waals surface area contributed by atoms with Crippen LogP contribution in [0.2, 0.25) is 0 Å².